The fraction of sp³-hybridized carbons (Fsp3) is 0.250. The summed E-state index contributed by atoms with van der Waals surface area (Å²) in [5.74, 6) is 0. The van der Waals surface area contributed by atoms with E-state index in [9.17, 15) is 18.5 Å². The minimum absolute atomic E-state index is 0.0850. The molecule has 0 aromatic heterocycles. The lowest BCUT2D eigenvalue weighted by molar-refractivity contribution is -0.387. The fourth-order valence-electron chi connectivity index (χ4n) is 2.73. The predicted molar refractivity (Wildman–Crippen MR) is 90.4 cm³/mol. The van der Waals surface area contributed by atoms with Crippen LogP contribution in [-0.2, 0) is 23.0 Å². The highest BCUT2D eigenvalue weighted by Crippen LogP contribution is 2.25. The number of fused-ring (bicyclic) bond motifs is 1. The van der Waals surface area contributed by atoms with Crippen LogP contribution in [0.5, 0.6) is 0 Å². The average molecular weight is 347 g/mol. The van der Waals surface area contributed by atoms with E-state index in [0.717, 1.165) is 36.2 Å². The Morgan fingerprint density at radius 1 is 1.21 bits per heavy atom. The van der Waals surface area contributed by atoms with Crippen molar-refractivity contribution in [2.45, 2.75) is 24.3 Å². The van der Waals surface area contributed by atoms with Gasteiger partial charge in [0, 0.05) is 24.8 Å². The molecule has 3 rings (SSSR count). The Hall–Kier alpha value is -2.45. The molecule has 0 bridgehead atoms. The number of nitrogens with one attached hydrogen (secondary N) is 2. The molecule has 1 aliphatic rings. The highest BCUT2D eigenvalue weighted by molar-refractivity contribution is 7.89. The molecule has 1 heterocycles. The van der Waals surface area contributed by atoms with Crippen LogP contribution in [0.1, 0.15) is 17.5 Å². The smallest absolute Gasteiger partial charge is 0.289 e. The number of hydrogen-bond acceptors (Lipinski definition) is 5. The molecule has 0 radical (unpaired) electrons. The molecule has 7 nitrogen and oxygen atoms in total. The Labute approximate surface area is 139 Å². The lowest BCUT2D eigenvalue weighted by Crippen LogP contribution is -2.24. The first-order valence-corrected chi connectivity index (χ1v) is 9.04. The summed E-state index contributed by atoms with van der Waals surface area (Å²) in [7, 11) is -3.96. The third kappa shape index (κ3) is 3.39. The SMILES string of the molecule is O=[N+]([O-])c1ccccc1S(=O)(=O)NCc1ccc2c(c1)CCCN2. The summed E-state index contributed by atoms with van der Waals surface area (Å²) in [6, 6.07) is 11.1. The van der Waals surface area contributed by atoms with E-state index in [2.05, 4.69) is 10.0 Å². The van der Waals surface area contributed by atoms with Crippen molar-refractivity contribution in [3.8, 4) is 0 Å². The molecule has 126 valence electrons. The molecule has 2 aromatic rings. The number of anilines is 1. The molecule has 0 atom stereocenters. The molecule has 0 saturated carbocycles. The highest BCUT2D eigenvalue weighted by Gasteiger charge is 2.24. The molecule has 8 heteroatoms. The van der Waals surface area contributed by atoms with E-state index < -0.39 is 20.6 Å². The van der Waals surface area contributed by atoms with Gasteiger partial charge in [-0.3, -0.25) is 10.1 Å². The van der Waals surface area contributed by atoms with Crippen LogP contribution in [0.3, 0.4) is 0 Å². The standard InChI is InChI=1S/C16H17N3O4S/c20-19(21)15-5-1-2-6-16(15)24(22,23)18-11-12-7-8-14-13(10-12)4-3-9-17-14/h1-2,5-8,10,17-18H,3-4,9,11H2. The van der Waals surface area contributed by atoms with E-state index in [0.29, 0.717) is 0 Å². The summed E-state index contributed by atoms with van der Waals surface area (Å²) in [6.45, 7) is 1.03. The van der Waals surface area contributed by atoms with Gasteiger partial charge in [-0.1, -0.05) is 24.3 Å². The largest absolute Gasteiger partial charge is 0.385 e. The lowest BCUT2D eigenvalue weighted by Gasteiger charge is -2.18. The number of rotatable bonds is 5. The van der Waals surface area contributed by atoms with Crippen LogP contribution in [0.25, 0.3) is 0 Å². The van der Waals surface area contributed by atoms with Crippen LogP contribution in [0.15, 0.2) is 47.4 Å². The van der Waals surface area contributed by atoms with Gasteiger partial charge in [0.15, 0.2) is 4.90 Å². The van der Waals surface area contributed by atoms with Gasteiger partial charge in [-0.05, 0) is 36.1 Å². The van der Waals surface area contributed by atoms with Crippen LogP contribution in [-0.4, -0.2) is 19.9 Å². The number of para-hydroxylation sites is 1. The van der Waals surface area contributed by atoms with Gasteiger partial charge in [-0.2, -0.15) is 0 Å². The third-order valence-corrected chi connectivity index (χ3v) is 5.37. The Balaban J connectivity index is 1.80. The Kier molecular flexibility index (Phi) is 4.50. The number of benzene rings is 2. The van der Waals surface area contributed by atoms with Gasteiger partial charge in [-0.15, -0.1) is 0 Å². The van der Waals surface area contributed by atoms with Crippen molar-refractivity contribution in [3.05, 3.63) is 63.7 Å². The fourth-order valence-corrected chi connectivity index (χ4v) is 3.92. The average Bonchev–Trinajstić information content (AvgIpc) is 2.60. The van der Waals surface area contributed by atoms with Crippen LogP contribution in [0.2, 0.25) is 0 Å². The minimum atomic E-state index is -3.96. The third-order valence-electron chi connectivity index (χ3n) is 3.93. The van der Waals surface area contributed by atoms with Crippen molar-refractivity contribution < 1.29 is 13.3 Å². The van der Waals surface area contributed by atoms with Crippen molar-refractivity contribution in [3.63, 3.8) is 0 Å². The molecule has 1 aliphatic heterocycles. The van der Waals surface area contributed by atoms with Gasteiger partial charge in [0.05, 0.1) is 4.92 Å². The molecule has 2 N–H and O–H groups in total. The predicted octanol–water partition coefficient (Wildman–Crippen LogP) is 2.43. The summed E-state index contributed by atoms with van der Waals surface area (Å²) in [4.78, 5) is 9.99. The van der Waals surface area contributed by atoms with E-state index in [1.165, 1.54) is 24.3 Å². The van der Waals surface area contributed by atoms with E-state index >= 15 is 0 Å². The molecular formula is C16H17N3O4S. The number of sulfonamides is 1. The van der Waals surface area contributed by atoms with E-state index in [-0.39, 0.29) is 11.4 Å². The van der Waals surface area contributed by atoms with Gasteiger partial charge in [0.25, 0.3) is 5.69 Å². The van der Waals surface area contributed by atoms with Gasteiger partial charge in [0.2, 0.25) is 10.0 Å². The number of nitro groups is 1. The van der Waals surface area contributed by atoms with Crippen LogP contribution < -0.4 is 10.0 Å². The monoisotopic (exact) mass is 347 g/mol. The summed E-state index contributed by atoms with van der Waals surface area (Å²) < 4.78 is 27.2. The molecule has 0 unspecified atom stereocenters. The lowest BCUT2D eigenvalue weighted by atomic mass is 10.0. The highest BCUT2D eigenvalue weighted by atomic mass is 32.2. The number of hydrogen-bond donors (Lipinski definition) is 2. The van der Waals surface area contributed by atoms with Crippen molar-refractivity contribution >= 4 is 21.4 Å². The number of nitro benzene ring substituents is 1. The molecule has 0 fully saturated rings. The molecule has 0 saturated heterocycles. The van der Waals surface area contributed by atoms with Crippen LogP contribution in [0, 0.1) is 10.1 Å². The molecule has 2 aromatic carbocycles. The second-order valence-corrected chi connectivity index (χ2v) is 7.31. The van der Waals surface area contributed by atoms with Crippen LogP contribution in [0.4, 0.5) is 11.4 Å². The quantitative estimate of drug-likeness (QED) is 0.639. The summed E-state index contributed by atoms with van der Waals surface area (Å²) in [6.07, 6.45) is 1.99. The number of nitrogens with zero attached hydrogens (tertiary/aromatic N) is 1. The van der Waals surface area contributed by atoms with Crippen molar-refractivity contribution in [2.75, 3.05) is 11.9 Å². The zero-order chi connectivity index (χ0) is 17.2. The molecular weight excluding hydrogens is 330 g/mol. The Morgan fingerprint density at radius 2 is 2.00 bits per heavy atom. The molecule has 0 amide bonds. The maximum atomic E-state index is 12.4. The first-order valence-electron chi connectivity index (χ1n) is 7.56. The summed E-state index contributed by atoms with van der Waals surface area (Å²) >= 11 is 0. The minimum Gasteiger partial charge on any atom is -0.385 e. The topological polar surface area (TPSA) is 101 Å². The van der Waals surface area contributed by atoms with Crippen LogP contribution >= 0.6 is 0 Å². The molecule has 0 aliphatic carbocycles. The van der Waals surface area contributed by atoms with Gasteiger partial charge < -0.3 is 5.32 Å². The van der Waals surface area contributed by atoms with Crippen molar-refractivity contribution in [1.29, 1.82) is 0 Å². The van der Waals surface area contributed by atoms with Crippen molar-refractivity contribution in [2.24, 2.45) is 0 Å². The van der Waals surface area contributed by atoms with E-state index in [1.54, 1.807) is 0 Å². The van der Waals surface area contributed by atoms with E-state index in [1.807, 2.05) is 18.2 Å². The maximum absolute atomic E-state index is 12.4. The second kappa shape index (κ2) is 6.58. The van der Waals surface area contributed by atoms with Gasteiger partial charge >= 0.3 is 0 Å². The first-order chi connectivity index (χ1) is 11.5. The Bertz CT molecular complexity index is 881. The van der Waals surface area contributed by atoms with Gasteiger partial charge in [-0.25, -0.2) is 13.1 Å². The molecule has 0 spiro atoms. The van der Waals surface area contributed by atoms with E-state index in [4.69, 9.17) is 0 Å². The summed E-state index contributed by atoms with van der Waals surface area (Å²) in [5, 5.41) is 14.3. The second-order valence-electron chi connectivity index (χ2n) is 5.57. The zero-order valence-electron chi connectivity index (χ0n) is 12.9. The first kappa shape index (κ1) is 16.4. The summed E-state index contributed by atoms with van der Waals surface area (Å²) in [5.41, 5.74) is 2.62. The normalized spacial score (nSPS) is 13.8. The van der Waals surface area contributed by atoms with Gasteiger partial charge in [0.1, 0.15) is 0 Å². The zero-order valence-corrected chi connectivity index (χ0v) is 13.7. The maximum Gasteiger partial charge on any atom is 0.289 e. The number of aryl methyl sites for hydroxylation is 1. The van der Waals surface area contributed by atoms with Crippen molar-refractivity contribution in [1.82, 2.24) is 4.72 Å². The molecule has 24 heavy (non-hydrogen) atoms. The Morgan fingerprint density at radius 3 is 2.79 bits per heavy atom.